The zero-order valence-corrected chi connectivity index (χ0v) is 21.6. The molecule has 0 bridgehead atoms. The number of aryl methyl sites for hydroxylation is 1. The molecule has 2 aromatic rings. The number of fused-ring (bicyclic) bond motifs is 1. The molecule has 1 fully saturated rings. The van der Waals surface area contributed by atoms with E-state index in [9.17, 15) is 4.79 Å². The molecule has 0 radical (unpaired) electrons. The van der Waals surface area contributed by atoms with Crippen molar-refractivity contribution >= 4 is 20.5 Å². The van der Waals surface area contributed by atoms with Crippen LogP contribution in [0.25, 0.3) is 0 Å². The second-order valence-electron chi connectivity index (χ2n) is 7.97. The Kier molecular flexibility index (Phi) is 13.4. The number of carbonyl (C=O) groups excluding carboxylic acids is 1. The molecule has 2 heterocycles. The largest absolute Gasteiger partial charge is 0.493 e. The summed E-state index contributed by atoms with van der Waals surface area (Å²) in [5.74, 6) is 2.59. The van der Waals surface area contributed by atoms with E-state index in [2.05, 4.69) is 31.6 Å². The van der Waals surface area contributed by atoms with Crippen LogP contribution in [0.4, 0.5) is 0 Å². The lowest BCUT2D eigenvalue weighted by Crippen LogP contribution is -2.20. The highest BCUT2D eigenvalue weighted by atomic mass is 31.0. The van der Waals surface area contributed by atoms with Crippen molar-refractivity contribution in [3.05, 3.63) is 48.0 Å². The van der Waals surface area contributed by atoms with Crippen molar-refractivity contribution in [3.63, 3.8) is 0 Å². The summed E-state index contributed by atoms with van der Waals surface area (Å²) in [5.41, 5.74) is 1.36. The average molecular weight is 491 g/mol. The Morgan fingerprint density at radius 3 is 2.41 bits per heavy atom. The van der Waals surface area contributed by atoms with Crippen LogP contribution in [-0.2, 0) is 11.2 Å². The van der Waals surface area contributed by atoms with E-state index >= 15 is 0 Å². The summed E-state index contributed by atoms with van der Waals surface area (Å²) in [6.45, 7) is 5.57. The first-order valence-electron chi connectivity index (χ1n) is 11.9. The van der Waals surface area contributed by atoms with Crippen LogP contribution in [-0.4, -0.2) is 69.5 Å². The molecule has 1 saturated heterocycles. The van der Waals surface area contributed by atoms with Gasteiger partial charge >= 0.3 is 0 Å². The monoisotopic (exact) mass is 490 g/mol. The maximum Gasteiger partial charge on any atom is 0.223 e. The molecule has 34 heavy (non-hydrogen) atoms. The molecule has 7 nitrogen and oxygen atoms in total. The molecule has 0 saturated carbocycles. The Labute approximate surface area is 206 Å². The Balaban J connectivity index is 0.000000231. The average Bonchev–Trinajstić information content (AvgIpc) is 3.40. The molecule has 2 aromatic carbocycles. The molecule has 1 amide bonds. The lowest BCUT2D eigenvalue weighted by atomic mass is 10.1. The second kappa shape index (κ2) is 16.3. The molecule has 0 aliphatic carbocycles. The van der Waals surface area contributed by atoms with Gasteiger partial charge in [-0.1, -0.05) is 18.2 Å². The van der Waals surface area contributed by atoms with E-state index < -0.39 is 0 Å². The molecule has 1 unspecified atom stereocenters. The summed E-state index contributed by atoms with van der Waals surface area (Å²) >= 11 is 0. The summed E-state index contributed by atoms with van der Waals surface area (Å²) in [6, 6.07) is 14.0. The van der Waals surface area contributed by atoms with E-state index in [4.69, 9.17) is 19.3 Å². The fourth-order valence-electron chi connectivity index (χ4n) is 3.71. The van der Waals surface area contributed by atoms with Gasteiger partial charge in [-0.05, 0) is 80.5 Å². The lowest BCUT2D eigenvalue weighted by Gasteiger charge is -2.19. The second-order valence-corrected chi connectivity index (χ2v) is 8.64. The van der Waals surface area contributed by atoms with Crippen molar-refractivity contribution in [3.8, 4) is 17.2 Å². The van der Waals surface area contributed by atoms with E-state index in [1.54, 1.807) is 7.05 Å². The van der Waals surface area contributed by atoms with Crippen LogP contribution in [0.1, 0.15) is 31.2 Å². The number of likely N-dealkylation sites (tertiary alicyclic amines) is 1. The maximum atomic E-state index is 10.9. The standard InChI is InChI=1S/C15H21NO2.C10H14NO2P.CH4O/c1-2-8-16(7-1)9-3-4-13-5-6-14-15(12-13)18-11-10-17-14;1-11-10(12)6-7-13-8-2-4-9(14)5-3-8;1-2/h5-6,12H,1-4,7-11H2;2-5H,6-7,14H2,1H3,(H,11,12);2H,1H3. The van der Waals surface area contributed by atoms with Gasteiger partial charge in [-0.3, -0.25) is 4.79 Å². The van der Waals surface area contributed by atoms with Crippen LogP contribution in [0.5, 0.6) is 17.2 Å². The summed E-state index contributed by atoms with van der Waals surface area (Å²) in [6.07, 6.45) is 5.51. The number of nitrogens with one attached hydrogen (secondary N) is 1. The van der Waals surface area contributed by atoms with Crippen LogP contribution in [0, 0.1) is 0 Å². The predicted molar refractivity (Wildman–Crippen MR) is 140 cm³/mol. The fourth-order valence-corrected chi connectivity index (χ4v) is 3.90. The number of nitrogens with zero attached hydrogens (tertiary/aromatic N) is 1. The number of ether oxygens (including phenoxy) is 3. The van der Waals surface area contributed by atoms with Crippen molar-refractivity contribution in [2.75, 3.05) is 53.6 Å². The van der Waals surface area contributed by atoms with Crippen molar-refractivity contribution in [2.24, 2.45) is 0 Å². The fraction of sp³-hybridized carbons (Fsp3) is 0.500. The summed E-state index contributed by atoms with van der Waals surface area (Å²) < 4.78 is 16.5. The molecule has 2 aliphatic rings. The Morgan fingerprint density at radius 1 is 1.06 bits per heavy atom. The SMILES string of the molecule is CNC(=O)CCOc1ccc(P)cc1.CO.c1cc2c(cc1CCCN1CCCC1)OCCO2. The van der Waals surface area contributed by atoms with Gasteiger partial charge in [0, 0.05) is 14.2 Å². The number of amides is 1. The number of carbonyl (C=O) groups is 1. The quantitative estimate of drug-likeness (QED) is 0.554. The summed E-state index contributed by atoms with van der Waals surface area (Å²) in [4.78, 5) is 13.4. The van der Waals surface area contributed by atoms with Crippen molar-refractivity contribution in [1.29, 1.82) is 0 Å². The molecule has 0 spiro atoms. The van der Waals surface area contributed by atoms with Crippen LogP contribution in [0.2, 0.25) is 0 Å². The molecule has 0 aromatic heterocycles. The minimum Gasteiger partial charge on any atom is -0.493 e. The molecule has 188 valence electrons. The molecular weight excluding hydrogens is 451 g/mol. The van der Waals surface area contributed by atoms with Gasteiger partial charge in [0.15, 0.2) is 11.5 Å². The van der Waals surface area contributed by atoms with Crippen molar-refractivity contribution < 1.29 is 24.1 Å². The number of hydrogen-bond acceptors (Lipinski definition) is 6. The van der Waals surface area contributed by atoms with Crippen LogP contribution in [0.15, 0.2) is 42.5 Å². The third kappa shape index (κ3) is 10.3. The number of aliphatic hydroxyl groups excluding tert-OH is 1. The van der Waals surface area contributed by atoms with Crippen molar-refractivity contribution in [2.45, 2.75) is 32.1 Å². The van der Waals surface area contributed by atoms with Crippen molar-refractivity contribution in [1.82, 2.24) is 10.2 Å². The van der Waals surface area contributed by atoms with E-state index in [-0.39, 0.29) is 5.91 Å². The van der Waals surface area contributed by atoms with Gasteiger partial charge < -0.3 is 29.5 Å². The van der Waals surface area contributed by atoms with Gasteiger partial charge in [0.1, 0.15) is 19.0 Å². The van der Waals surface area contributed by atoms with E-state index in [0.29, 0.717) is 26.2 Å². The lowest BCUT2D eigenvalue weighted by molar-refractivity contribution is -0.121. The molecule has 2 N–H and O–H groups in total. The molecule has 2 aliphatic heterocycles. The highest BCUT2D eigenvalue weighted by Gasteiger charge is 2.13. The third-order valence-corrected chi connectivity index (χ3v) is 5.89. The third-order valence-electron chi connectivity index (χ3n) is 5.50. The molecule has 1 atom stereocenters. The Morgan fingerprint density at radius 2 is 1.74 bits per heavy atom. The van der Waals surface area contributed by atoms with E-state index in [1.807, 2.05) is 30.3 Å². The topological polar surface area (TPSA) is 80.3 Å². The first-order valence-corrected chi connectivity index (χ1v) is 12.5. The summed E-state index contributed by atoms with van der Waals surface area (Å²) in [7, 11) is 5.22. The number of hydrogen-bond donors (Lipinski definition) is 2. The Hall–Kier alpha value is -2.34. The predicted octanol–water partition coefficient (Wildman–Crippen LogP) is 2.80. The van der Waals surface area contributed by atoms with Gasteiger partial charge in [-0.25, -0.2) is 0 Å². The van der Waals surface area contributed by atoms with Crippen LogP contribution in [0.3, 0.4) is 0 Å². The maximum absolute atomic E-state index is 10.9. The van der Waals surface area contributed by atoms with Gasteiger partial charge in [-0.2, -0.15) is 0 Å². The minimum absolute atomic E-state index is 0.00679. The molecule has 4 rings (SSSR count). The first-order chi connectivity index (χ1) is 16.6. The normalized spacial score (nSPS) is 14.2. The van der Waals surface area contributed by atoms with E-state index in [0.717, 1.165) is 36.1 Å². The summed E-state index contributed by atoms with van der Waals surface area (Å²) in [5, 5.41) is 10.7. The zero-order valence-electron chi connectivity index (χ0n) is 20.4. The number of rotatable bonds is 8. The van der Waals surface area contributed by atoms with Gasteiger partial charge in [0.05, 0.1) is 13.0 Å². The van der Waals surface area contributed by atoms with Crippen LogP contribution < -0.4 is 24.8 Å². The van der Waals surface area contributed by atoms with Gasteiger partial charge in [-0.15, -0.1) is 9.24 Å². The first kappa shape index (κ1) is 27.9. The highest BCUT2D eigenvalue weighted by Crippen LogP contribution is 2.31. The molecule has 8 heteroatoms. The highest BCUT2D eigenvalue weighted by molar-refractivity contribution is 7.27. The zero-order chi connectivity index (χ0) is 24.6. The minimum atomic E-state index is -0.00679. The van der Waals surface area contributed by atoms with Gasteiger partial charge in [0.25, 0.3) is 0 Å². The number of aliphatic hydroxyl groups is 1. The number of benzene rings is 2. The smallest absolute Gasteiger partial charge is 0.223 e. The Bertz CT molecular complexity index is 842. The van der Waals surface area contributed by atoms with Crippen LogP contribution >= 0.6 is 9.24 Å². The van der Waals surface area contributed by atoms with Gasteiger partial charge in [0.2, 0.25) is 5.91 Å². The molecular formula is C26H39N2O5P. The van der Waals surface area contributed by atoms with E-state index in [1.165, 1.54) is 44.5 Å².